The van der Waals surface area contributed by atoms with Crippen molar-refractivity contribution in [3.05, 3.63) is 16.3 Å². The van der Waals surface area contributed by atoms with E-state index < -0.39 is 0 Å². The zero-order valence-corrected chi connectivity index (χ0v) is 13.2. The molecule has 3 rings (SSSR count). The van der Waals surface area contributed by atoms with E-state index in [1.54, 1.807) is 11.3 Å². The molecule has 0 atom stereocenters. The van der Waals surface area contributed by atoms with Crippen LogP contribution in [0.5, 0.6) is 0 Å². The number of aliphatic hydroxyl groups excluding tert-OH is 1. The van der Waals surface area contributed by atoms with Gasteiger partial charge >= 0.3 is 0 Å². The lowest BCUT2D eigenvalue weighted by Crippen LogP contribution is -2.35. The first-order valence-corrected chi connectivity index (χ1v) is 8.03. The van der Waals surface area contributed by atoms with Gasteiger partial charge in [-0.25, -0.2) is 15.8 Å². The number of piperidine rings is 1. The second-order valence-electron chi connectivity index (χ2n) is 5.60. The first-order valence-electron chi connectivity index (χ1n) is 7.22. The SMILES string of the molecule is Cc1sc2nc(CN3CCC(O)CC3)nc(NN)c2c1C. The van der Waals surface area contributed by atoms with Crippen molar-refractivity contribution in [3.63, 3.8) is 0 Å². The van der Waals surface area contributed by atoms with E-state index in [-0.39, 0.29) is 6.10 Å². The molecule has 0 radical (unpaired) electrons. The first-order chi connectivity index (χ1) is 10.1. The Balaban J connectivity index is 1.89. The molecule has 3 heterocycles. The van der Waals surface area contributed by atoms with Crippen molar-refractivity contribution in [2.75, 3.05) is 18.5 Å². The fraction of sp³-hybridized carbons (Fsp3) is 0.571. The summed E-state index contributed by atoms with van der Waals surface area (Å²) in [4.78, 5) is 13.8. The first kappa shape index (κ1) is 14.6. The van der Waals surface area contributed by atoms with Crippen molar-refractivity contribution in [2.45, 2.75) is 39.3 Å². The third kappa shape index (κ3) is 2.87. The molecule has 1 aliphatic rings. The van der Waals surface area contributed by atoms with Gasteiger partial charge in [0, 0.05) is 18.0 Å². The average Bonchev–Trinajstić information content (AvgIpc) is 2.76. The number of fused-ring (bicyclic) bond motifs is 1. The third-order valence-corrected chi connectivity index (χ3v) is 5.23. The highest BCUT2D eigenvalue weighted by Crippen LogP contribution is 2.33. The van der Waals surface area contributed by atoms with Crippen molar-refractivity contribution in [2.24, 2.45) is 5.84 Å². The number of nitrogen functional groups attached to an aromatic ring is 1. The topological polar surface area (TPSA) is 87.3 Å². The molecule has 1 fully saturated rings. The van der Waals surface area contributed by atoms with Gasteiger partial charge in [0.05, 0.1) is 18.0 Å². The van der Waals surface area contributed by atoms with Gasteiger partial charge in [0.1, 0.15) is 10.7 Å². The number of nitrogens with one attached hydrogen (secondary N) is 1. The van der Waals surface area contributed by atoms with Gasteiger partial charge in [-0.05, 0) is 32.3 Å². The molecule has 21 heavy (non-hydrogen) atoms. The van der Waals surface area contributed by atoms with Gasteiger partial charge in [-0.1, -0.05) is 0 Å². The maximum atomic E-state index is 9.57. The molecule has 0 spiro atoms. The minimum atomic E-state index is -0.159. The van der Waals surface area contributed by atoms with Gasteiger partial charge < -0.3 is 10.5 Å². The van der Waals surface area contributed by atoms with Crippen molar-refractivity contribution in [1.82, 2.24) is 14.9 Å². The number of thiophene rings is 1. The molecule has 0 aliphatic carbocycles. The van der Waals surface area contributed by atoms with Crippen LogP contribution in [0.3, 0.4) is 0 Å². The number of nitrogens with zero attached hydrogens (tertiary/aromatic N) is 3. The molecular weight excluding hydrogens is 286 g/mol. The molecule has 7 heteroatoms. The van der Waals surface area contributed by atoms with Crippen molar-refractivity contribution in [3.8, 4) is 0 Å². The zero-order valence-electron chi connectivity index (χ0n) is 12.4. The highest BCUT2D eigenvalue weighted by atomic mass is 32.1. The molecule has 1 saturated heterocycles. The third-order valence-electron chi connectivity index (χ3n) is 4.13. The predicted octanol–water partition coefficient (Wildman–Crippen LogP) is 1.55. The van der Waals surface area contributed by atoms with Gasteiger partial charge in [-0.3, -0.25) is 4.90 Å². The summed E-state index contributed by atoms with van der Waals surface area (Å²) in [5.74, 6) is 7.12. The Kier molecular flexibility index (Phi) is 4.08. The van der Waals surface area contributed by atoms with E-state index in [4.69, 9.17) is 5.84 Å². The maximum Gasteiger partial charge on any atom is 0.152 e. The summed E-state index contributed by atoms with van der Waals surface area (Å²) in [5.41, 5.74) is 3.90. The molecule has 4 N–H and O–H groups in total. The summed E-state index contributed by atoms with van der Waals surface area (Å²) in [6.45, 7) is 6.64. The van der Waals surface area contributed by atoms with Crippen LogP contribution < -0.4 is 11.3 Å². The molecule has 2 aromatic heterocycles. The summed E-state index contributed by atoms with van der Waals surface area (Å²) < 4.78 is 0. The Morgan fingerprint density at radius 2 is 2.05 bits per heavy atom. The van der Waals surface area contributed by atoms with Crippen LogP contribution in [0.2, 0.25) is 0 Å². The summed E-state index contributed by atoms with van der Waals surface area (Å²) in [7, 11) is 0. The minimum absolute atomic E-state index is 0.159. The molecule has 114 valence electrons. The number of aliphatic hydroxyl groups is 1. The molecular formula is C14H21N5OS. The van der Waals surface area contributed by atoms with Crippen LogP contribution in [-0.2, 0) is 6.54 Å². The Bertz CT molecular complexity index is 648. The van der Waals surface area contributed by atoms with E-state index in [9.17, 15) is 5.11 Å². The molecule has 0 aromatic carbocycles. The van der Waals surface area contributed by atoms with Crippen LogP contribution in [0.1, 0.15) is 29.1 Å². The highest BCUT2D eigenvalue weighted by molar-refractivity contribution is 7.18. The largest absolute Gasteiger partial charge is 0.393 e. The Morgan fingerprint density at radius 1 is 1.33 bits per heavy atom. The Morgan fingerprint density at radius 3 is 2.71 bits per heavy atom. The second kappa shape index (κ2) is 5.84. The quantitative estimate of drug-likeness (QED) is 0.589. The van der Waals surface area contributed by atoms with E-state index in [2.05, 4.69) is 34.1 Å². The Hall–Kier alpha value is -1.28. The standard InChI is InChI=1S/C14H21N5OS/c1-8-9(2)21-14-12(8)13(18-15)16-11(17-14)7-19-5-3-10(20)4-6-19/h10,20H,3-7,15H2,1-2H3,(H,16,17,18). The summed E-state index contributed by atoms with van der Waals surface area (Å²) in [5, 5.41) is 10.6. The summed E-state index contributed by atoms with van der Waals surface area (Å²) in [6, 6.07) is 0. The molecule has 2 aromatic rings. The van der Waals surface area contributed by atoms with Crippen LogP contribution in [0, 0.1) is 13.8 Å². The van der Waals surface area contributed by atoms with Crippen LogP contribution in [-0.4, -0.2) is 39.2 Å². The van der Waals surface area contributed by atoms with Crippen LogP contribution in [0.15, 0.2) is 0 Å². The second-order valence-corrected chi connectivity index (χ2v) is 6.81. The summed E-state index contributed by atoms with van der Waals surface area (Å²) in [6.07, 6.45) is 1.48. The maximum absolute atomic E-state index is 9.57. The number of aryl methyl sites for hydroxylation is 2. The van der Waals surface area contributed by atoms with Gasteiger partial charge in [-0.2, -0.15) is 0 Å². The van der Waals surface area contributed by atoms with Crippen LogP contribution in [0.25, 0.3) is 10.2 Å². The number of nitrogens with two attached hydrogens (primary N) is 1. The van der Waals surface area contributed by atoms with Crippen molar-refractivity contribution in [1.29, 1.82) is 0 Å². The van der Waals surface area contributed by atoms with Crippen LogP contribution >= 0.6 is 11.3 Å². The van der Waals surface area contributed by atoms with E-state index >= 15 is 0 Å². The number of aromatic nitrogens is 2. The number of anilines is 1. The van der Waals surface area contributed by atoms with Gasteiger partial charge in [0.2, 0.25) is 0 Å². The van der Waals surface area contributed by atoms with Crippen molar-refractivity contribution < 1.29 is 5.11 Å². The highest BCUT2D eigenvalue weighted by Gasteiger charge is 2.19. The molecule has 0 unspecified atom stereocenters. The van der Waals surface area contributed by atoms with Gasteiger partial charge in [0.15, 0.2) is 5.82 Å². The van der Waals surface area contributed by atoms with Gasteiger partial charge in [0.25, 0.3) is 0 Å². The predicted molar refractivity (Wildman–Crippen MR) is 85.2 cm³/mol. The molecule has 0 bridgehead atoms. The monoisotopic (exact) mass is 307 g/mol. The van der Waals surface area contributed by atoms with E-state index in [0.29, 0.717) is 12.4 Å². The lowest BCUT2D eigenvalue weighted by Gasteiger charge is -2.28. The summed E-state index contributed by atoms with van der Waals surface area (Å²) >= 11 is 1.68. The number of hydrogen-bond donors (Lipinski definition) is 3. The normalized spacial score (nSPS) is 17.5. The van der Waals surface area contributed by atoms with E-state index in [0.717, 1.165) is 42.0 Å². The zero-order chi connectivity index (χ0) is 15.0. The smallest absolute Gasteiger partial charge is 0.152 e. The average molecular weight is 307 g/mol. The number of rotatable bonds is 3. The lowest BCUT2D eigenvalue weighted by molar-refractivity contribution is 0.0781. The van der Waals surface area contributed by atoms with Gasteiger partial charge in [-0.15, -0.1) is 11.3 Å². The number of hydrazine groups is 1. The Labute approximate surface area is 128 Å². The van der Waals surface area contributed by atoms with E-state index in [1.165, 1.54) is 10.4 Å². The van der Waals surface area contributed by atoms with Crippen molar-refractivity contribution >= 4 is 27.4 Å². The number of hydrogen-bond acceptors (Lipinski definition) is 7. The minimum Gasteiger partial charge on any atom is -0.393 e. The number of likely N-dealkylation sites (tertiary alicyclic amines) is 1. The molecule has 1 aliphatic heterocycles. The fourth-order valence-corrected chi connectivity index (χ4v) is 3.79. The fourth-order valence-electron chi connectivity index (χ4n) is 2.75. The molecule has 0 saturated carbocycles. The molecule has 0 amide bonds. The van der Waals surface area contributed by atoms with E-state index in [1.807, 2.05) is 0 Å². The lowest BCUT2D eigenvalue weighted by atomic mass is 10.1. The molecule has 6 nitrogen and oxygen atoms in total. The van der Waals surface area contributed by atoms with Crippen LogP contribution in [0.4, 0.5) is 5.82 Å².